The van der Waals surface area contributed by atoms with E-state index in [2.05, 4.69) is 10.6 Å². The molecule has 0 bridgehead atoms. The maximum atomic E-state index is 12.0. The molecule has 0 saturated heterocycles. The quantitative estimate of drug-likeness (QED) is 0.675. The number of rotatable bonds is 5. The van der Waals surface area contributed by atoms with Gasteiger partial charge in [0.1, 0.15) is 11.4 Å². The zero-order valence-corrected chi connectivity index (χ0v) is 13.5. The molecule has 0 fully saturated rings. The van der Waals surface area contributed by atoms with E-state index in [-0.39, 0.29) is 12.6 Å². The summed E-state index contributed by atoms with van der Waals surface area (Å²) in [4.78, 5) is 12.0. The van der Waals surface area contributed by atoms with Gasteiger partial charge < -0.3 is 20.2 Å². The Morgan fingerprint density at radius 1 is 1.08 bits per heavy atom. The summed E-state index contributed by atoms with van der Waals surface area (Å²) in [6.45, 7) is 2.06. The van der Waals surface area contributed by atoms with Crippen molar-refractivity contribution < 1.29 is 14.3 Å². The number of hydrogen-bond acceptors (Lipinski definition) is 3. The van der Waals surface area contributed by atoms with Gasteiger partial charge >= 0.3 is 6.03 Å². The standard InChI is InChI=1S/C19H20N2O3/c1-19(23,17-10-5-11-24-17)13-21-18(22)20-12-15-8-4-7-14-6-2-3-9-16(14)15/h2-11,23H,12-13H2,1H3,(H2,20,21,22). The summed E-state index contributed by atoms with van der Waals surface area (Å²) in [7, 11) is 0. The van der Waals surface area contributed by atoms with Crippen LogP contribution in [0.15, 0.2) is 65.3 Å². The second-order valence-corrected chi connectivity index (χ2v) is 5.93. The first-order valence-electron chi connectivity index (χ1n) is 7.81. The van der Waals surface area contributed by atoms with Gasteiger partial charge in [-0.15, -0.1) is 0 Å². The molecule has 3 N–H and O–H groups in total. The summed E-state index contributed by atoms with van der Waals surface area (Å²) in [5.74, 6) is 0.414. The molecular formula is C19H20N2O3. The predicted molar refractivity (Wildman–Crippen MR) is 92.5 cm³/mol. The Bertz CT molecular complexity index is 820. The molecule has 2 amide bonds. The molecule has 5 nitrogen and oxygen atoms in total. The van der Waals surface area contributed by atoms with Crippen LogP contribution in [0.4, 0.5) is 4.79 Å². The minimum atomic E-state index is -1.25. The summed E-state index contributed by atoms with van der Waals surface area (Å²) >= 11 is 0. The number of carbonyl (C=O) groups excluding carboxylic acids is 1. The van der Waals surface area contributed by atoms with E-state index in [4.69, 9.17) is 4.42 Å². The monoisotopic (exact) mass is 324 g/mol. The van der Waals surface area contributed by atoms with E-state index in [9.17, 15) is 9.90 Å². The highest BCUT2D eigenvalue weighted by molar-refractivity contribution is 5.86. The van der Waals surface area contributed by atoms with E-state index in [1.54, 1.807) is 19.1 Å². The first kappa shape index (κ1) is 16.1. The van der Waals surface area contributed by atoms with Gasteiger partial charge in [0.2, 0.25) is 0 Å². The van der Waals surface area contributed by atoms with Crippen LogP contribution < -0.4 is 10.6 Å². The van der Waals surface area contributed by atoms with Crippen LogP contribution in [0.2, 0.25) is 0 Å². The van der Waals surface area contributed by atoms with Gasteiger partial charge in [-0.05, 0) is 35.4 Å². The molecule has 5 heteroatoms. The Hall–Kier alpha value is -2.79. The molecule has 124 valence electrons. The maximum absolute atomic E-state index is 12.0. The van der Waals surface area contributed by atoms with E-state index in [1.807, 2.05) is 42.5 Å². The van der Waals surface area contributed by atoms with Crippen LogP contribution in [0, 0.1) is 0 Å². The Morgan fingerprint density at radius 3 is 2.67 bits per heavy atom. The number of nitrogens with one attached hydrogen (secondary N) is 2. The number of fused-ring (bicyclic) bond motifs is 1. The van der Waals surface area contributed by atoms with Crippen LogP contribution in [0.1, 0.15) is 18.2 Å². The van der Waals surface area contributed by atoms with Gasteiger partial charge in [-0.2, -0.15) is 0 Å². The second-order valence-electron chi connectivity index (χ2n) is 5.93. The van der Waals surface area contributed by atoms with Crippen molar-refractivity contribution in [1.29, 1.82) is 0 Å². The van der Waals surface area contributed by atoms with Crippen LogP contribution in [0.5, 0.6) is 0 Å². The summed E-state index contributed by atoms with van der Waals surface area (Å²) < 4.78 is 5.19. The molecule has 0 aliphatic heterocycles. The van der Waals surface area contributed by atoms with Crippen molar-refractivity contribution in [3.05, 3.63) is 72.2 Å². The minimum absolute atomic E-state index is 0.0574. The van der Waals surface area contributed by atoms with Crippen molar-refractivity contribution in [3.63, 3.8) is 0 Å². The van der Waals surface area contributed by atoms with Gasteiger partial charge in [0.05, 0.1) is 12.8 Å². The molecule has 3 rings (SSSR count). The first-order valence-corrected chi connectivity index (χ1v) is 7.81. The van der Waals surface area contributed by atoms with Crippen molar-refractivity contribution in [2.24, 2.45) is 0 Å². The lowest BCUT2D eigenvalue weighted by Gasteiger charge is -2.21. The molecule has 1 atom stereocenters. The minimum Gasteiger partial charge on any atom is -0.466 e. The van der Waals surface area contributed by atoms with E-state index < -0.39 is 5.60 Å². The predicted octanol–water partition coefficient (Wildman–Crippen LogP) is 3.14. The zero-order chi connectivity index (χ0) is 17.0. The van der Waals surface area contributed by atoms with E-state index in [1.165, 1.54) is 6.26 Å². The normalized spacial score (nSPS) is 13.4. The molecule has 3 aromatic rings. The molecule has 1 heterocycles. The van der Waals surface area contributed by atoms with E-state index in [0.29, 0.717) is 12.3 Å². The lowest BCUT2D eigenvalue weighted by Crippen LogP contribution is -2.43. The van der Waals surface area contributed by atoms with E-state index >= 15 is 0 Å². The lowest BCUT2D eigenvalue weighted by atomic mass is 10.0. The largest absolute Gasteiger partial charge is 0.466 e. The number of benzene rings is 2. The van der Waals surface area contributed by atoms with Crippen LogP contribution >= 0.6 is 0 Å². The summed E-state index contributed by atoms with van der Waals surface area (Å²) in [5, 5.41) is 18.1. The molecule has 0 radical (unpaired) electrons. The molecule has 24 heavy (non-hydrogen) atoms. The SMILES string of the molecule is CC(O)(CNC(=O)NCc1cccc2ccccc12)c1ccco1. The van der Waals surface area contributed by atoms with Gasteiger partial charge in [-0.25, -0.2) is 4.79 Å². The highest BCUT2D eigenvalue weighted by atomic mass is 16.4. The molecule has 2 aromatic carbocycles. The van der Waals surface area contributed by atoms with E-state index in [0.717, 1.165) is 16.3 Å². The van der Waals surface area contributed by atoms with Gasteiger partial charge in [0, 0.05) is 6.54 Å². The zero-order valence-electron chi connectivity index (χ0n) is 13.5. The highest BCUT2D eigenvalue weighted by Crippen LogP contribution is 2.20. The van der Waals surface area contributed by atoms with Crippen molar-refractivity contribution in [1.82, 2.24) is 10.6 Å². The van der Waals surface area contributed by atoms with Gasteiger partial charge in [0.25, 0.3) is 0 Å². The van der Waals surface area contributed by atoms with Crippen LogP contribution in [0.25, 0.3) is 10.8 Å². The summed E-state index contributed by atoms with van der Waals surface area (Å²) in [6.07, 6.45) is 1.49. The Kier molecular flexibility index (Phi) is 4.53. The fraction of sp³-hybridized carbons (Fsp3) is 0.211. The van der Waals surface area contributed by atoms with Gasteiger partial charge in [-0.3, -0.25) is 0 Å². The molecule has 1 aromatic heterocycles. The molecule has 0 spiro atoms. The van der Waals surface area contributed by atoms with Crippen molar-refractivity contribution in [2.45, 2.75) is 19.1 Å². The fourth-order valence-electron chi connectivity index (χ4n) is 2.61. The van der Waals surface area contributed by atoms with Crippen LogP contribution in [-0.2, 0) is 12.1 Å². The average Bonchev–Trinajstić information content (AvgIpc) is 3.14. The summed E-state index contributed by atoms with van der Waals surface area (Å²) in [6, 6.07) is 17.1. The second kappa shape index (κ2) is 6.76. The Labute approximate surface area is 140 Å². The van der Waals surface area contributed by atoms with Crippen LogP contribution in [0.3, 0.4) is 0 Å². The number of carbonyl (C=O) groups is 1. The molecule has 1 unspecified atom stereocenters. The number of amides is 2. The number of urea groups is 1. The fourth-order valence-corrected chi connectivity index (χ4v) is 2.61. The molecule has 0 aliphatic rings. The maximum Gasteiger partial charge on any atom is 0.315 e. The number of aliphatic hydroxyl groups is 1. The third-order valence-electron chi connectivity index (χ3n) is 3.96. The number of furan rings is 1. The Morgan fingerprint density at radius 2 is 1.88 bits per heavy atom. The topological polar surface area (TPSA) is 74.5 Å². The highest BCUT2D eigenvalue weighted by Gasteiger charge is 2.26. The molecule has 0 saturated carbocycles. The summed E-state index contributed by atoms with van der Waals surface area (Å²) in [5.41, 5.74) is -0.207. The number of hydrogen-bond donors (Lipinski definition) is 3. The van der Waals surface area contributed by atoms with Gasteiger partial charge in [-0.1, -0.05) is 42.5 Å². The molecule has 0 aliphatic carbocycles. The third-order valence-corrected chi connectivity index (χ3v) is 3.96. The smallest absolute Gasteiger partial charge is 0.315 e. The lowest BCUT2D eigenvalue weighted by molar-refractivity contribution is 0.0367. The van der Waals surface area contributed by atoms with Gasteiger partial charge in [0.15, 0.2) is 0 Å². The Balaban J connectivity index is 1.58. The van der Waals surface area contributed by atoms with Crippen LogP contribution in [-0.4, -0.2) is 17.7 Å². The third kappa shape index (κ3) is 3.58. The average molecular weight is 324 g/mol. The van der Waals surface area contributed by atoms with Crippen molar-refractivity contribution in [3.8, 4) is 0 Å². The molecular weight excluding hydrogens is 304 g/mol. The van der Waals surface area contributed by atoms with Crippen molar-refractivity contribution in [2.75, 3.05) is 6.54 Å². The first-order chi connectivity index (χ1) is 11.6. The van der Waals surface area contributed by atoms with Crippen molar-refractivity contribution >= 4 is 16.8 Å².